The maximum absolute atomic E-state index is 12.0. The molecule has 0 aliphatic rings. The number of hydrogen-bond donors (Lipinski definition) is 6. The number of azo groups is 2. The monoisotopic (exact) mass is 1060 g/mol. The summed E-state index contributed by atoms with van der Waals surface area (Å²) in [5.41, 5.74) is 12.9. The first kappa shape index (κ1) is 57.2. The van der Waals surface area contributed by atoms with Gasteiger partial charge in [-0.3, -0.25) is 0 Å². The molecule has 28 heteroatoms. The SMILES string of the molecule is CNOOSc1ccc(O)c(N=NC(=N[N-]c2ccc(S(N)(=O)=O)cc2)c2ccccc2)c1.CNS(=O)(=O)c1ccc(O)c(N=NC(=N[N-]c2ccc(SOON)cc2)c2ccccc2)c1.[Co].[Na+]. The summed E-state index contributed by atoms with van der Waals surface area (Å²) in [5, 5.41) is 50.0. The molecule has 0 heterocycles. The van der Waals surface area contributed by atoms with E-state index in [1.165, 1.54) is 55.6 Å². The Morgan fingerprint density at radius 2 is 1.07 bits per heavy atom. The Labute approximate surface area is 431 Å². The largest absolute Gasteiger partial charge is 1.00 e. The van der Waals surface area contributed by atoms with Crippen LogP contribution in [0.2, 0.25) is 0 Å². The van der Waals surface area contributed by atoms with E-state index in [1.807, 2.05) is 12.1 Å². The van der Waals surface area contributed by atoms with Gasteiger partial charge in [0, 0.05) is 44.7 Å². The molecule has 6 aromatic rings. The predicted molar refractivity (Wildman–Crippen MR) is 247 cm³/mol. The number of sulfonamides is 2. The van der Waals surface area contributed by atoms with Crippen molar-refractivity contribution in [1.29, 1.82) is 0 Å². The first-order chi connectivity index (χ1) is 31.8. The molecule has 8 N–H and O–H groups in total. The molecule has 353 valence electrons. The van der Waals surface area contributed by atoms with Crippen molar-refractivity contribution in [3.63, 3.8) is 0 Å². The van der Waals surface area contributed by atoms with E-state index >= 15 is 0 Å². The van der Waals surface area contributed by atoms with Crippen molar-refractivity contribution in [3.8, 4) is 11.5 Å². The number of amidine groups is 2. The fourth-order valence-electron chi connectivity index (χ4n) is 4.78. The number of phenols is 2. The van der Waals surface area contributed by atoms with Gasteiger partial charge in [-0.05, 0) is 67.7 Å². The predicted octanol–water partition coefficient (Wildman–Crippen LogP) is 5.56. The number of nitrogens with zero attached hydrogens (tertiary/aromatic N) is 8. The summed E-state index contributed by atoms with van der Waals surface area (Å²) in [7, 11) is -4.70. The fourth-order valence-corrected chi connectivity index (χ4v) is 6.88. The Morgan fingerprint density at radius 3 is 1.56 bits per heavy atom. The number of hydroxylamine groups is 1. The number of phenolic OH excluding ortho intramolecular Hbond substituents is 2. The Morgan fingerprint density at radius 1 is 0.618 bits per heavy atom. The van der Waals surface area contributed by atoms with Crippen molar-refractivity contribution in [3.05, 3.63) is 168 Å². The smallest absolute Gasteiger partial charge is 0.574 e. The summed E-state index contributed by atoms with van der Waals surface area (Å²) in [5.74, 6) is 4.79. The van der Waals surface area contributed by atoms with Crippen LogP contribution >= 0.6 is 24.1 Å². The normalized spacial score (nSPS) is 11.9. The fraction of sp³-hybridized carbons (Fsp3) is 0.0500. The topological polar surface area (TPSA) is 324 Å². The van der Waals surface area contributed by atoms with Crippen LogP contribution in [-0.2, 0) is 55.5 Å². The van der Waals surface area contributed by atoms with Crippen molar-refractivity contribution in [2.45, 2.75) is 19.6 Å². The average molecular weight is 1060 g/mol. The molecule has 0 saturated carbocycles. The van der Waals surface area contributed by atoms with Crippen LogP contribution in [0.4, 0.5) is 22.7 Å². The second-order valence-electron chi connectivity index (χ2n) is 12.4. The van der Waals surface area contributed by atoms with Gasteiger partial charge in [0.05, 0.1) is 33.9 Å². The molecule has 6 aromatic carbocycles. The van der Waals surface area contributed by atoms with Crippen molar-refractivity contribution in [2.75, 3.05) is 14.1 Å². The number of rotatable bonds is 18. The molecule has 0 unspecified atom stereocenters. The number of nitrogens with one attached hydrogen (secondary N) is 2. The molecule has 22 nitrogen and oxygen atoms in total. The van der Waals surface area contributed by atoms with E-state index in [9.17, 15) is 27.0 Å². The third-order valence-electron chi connectivity index (χ3n) is 7.98. The Hall–Kier alpha value is -5.15. The van der Waals surface area contributed by atoms with E-state index in [2.05, 4.69) is 66.0 Å². The number of aromatic hydroxyl groups is 2. The van der Waals surface area contributed by atoms with Crippen LogP contribution in [0.5, 0.6) is 11.5 Å². The van der Waals surface area contributed by atoms with E-state index in [0.717, 1.165) is 29.0 Å². The Kier molecular flexibility index (Phi) is 24.4. The molecular weight excluding hydrogens is 1020 g/mol. The van der Waals surface area contributed by atoms with E-state index < -0.39 is 20.0 Å². The first-order valence-electron chi connectivity index (χ1n) is 18.5. The van der Waals surface area contributed by atoms with Crippen molar-refractivity contribution in [2.24, 2.45) is 41.7 Å². The molecule has 6 rings (SSSR count). The van der Waals surface area contributed by atoms with Gasteiger partial charge >= 0.3 is 29.6 Å². The van der Waals surface area contributed by atoms with Gasteiger partial charge in [0.2, 0.25) is 20.0 Å². The van der Waals surface area contributed by atoms with Crippen LogP contribution in [-0.4, -0.2) is 52.8 Å². The molecule has 0 spiro atoms. The zero-order chi connectivity index (χ0) is 47.4. The van der Waals surface area contributed by atoms with Gasteiger partial charge < -0.3 is 31.3 Å². The summed E-state index contributed by atoms with van der Waals surface area (Å²) in [6.45, 7) is 0. The van der Waals surface area contributed by atoms with E-state index in [4.69, 9.17) is 15.4 Å². The van der Waals surface area contributed by atoms with Crippen LogP contribution in [0.1, 0.15) is 11.1 Å². The van der Waals surface area contributed by atoms with Gasteiger partial charge in [-0.15, -0.1) is 50.5 Å². The zero-order valence-corrected chi connectivity index (χ0v) is 42.0. The molecule has 0 fully saturated rings. The van der Waals surface area contributed by atoms with Crippen molar-refractivity contribution >= 4 is 78.6 Å². The Balaban J connectivity index is 0.000000350. The van der Waals surface area contributed by atoms with Gasteiger partial charge in [-0.25, -0.2) is 26.7 Å². The third kappa shape index (κ3) is 18.4. The van der Waals surface area contributed by atoms with Crippen molar-refractivity contribution < 1.29 is 92.0 Å². The second-order valence-corrected chi connectivity index (χ2v) is 17.4. The maximum Gasteiger partial charge on any atom is 1.00 e. The third-order valence-corrected chi connectivity index (χ3v) is 11.5. The van der Waals surface area contributed by atoms with Crippen LogP contribution in [0.15, 0.2) is 196 Å². The molecule has 0 amide bonds. The molecule has 0 aliphatic heterocycles. The number of nitrogens with two attached hydrogens (primary N) is 2. The van der Waals surface area contributed by atoms with Crippen LogP contribution in [0, 0.1) is 0 Å². The molecule has 0 aliphatic carbocycles. The van der Waals surface area contributed by atoms with Crippen LogP contribution in [0.25, 0.3) is 10.9 Å². The quantitative estimate of drug-likeness (QED) is 0.00897. The minimum Gasteiger partial charge on any atom is -0.574 e. The van der Waals surface area contributed by atoms with E-state index in [1.54, 1.807) is 92.0 Å². The van der Waals surface area contributed by atoms with Crippen LogP contribution < -0.4 is 50.8 Å². The molecule has 0 bridgehead atoms. The zero-order valence-electron chi connectivity index (χ0n) is 35.7. The number of benzene rings is 6. The molecule has 68 heavy (non-hydrogen) atoms. The first-order valence-corrected chi connectivity index (χ1v) is 23.0. The van der Waals surface area contributed by atoms with E-state index in [-0.39, 0.29) is 90.7 Å². The van der Waals surface area contributed by atoms with Crippen molar-refractivity contribution in [1.82, 2.24) is 10.2 Å². The summed E-state index contributed by atoms with van der Waals surface area (Å²) < 4.78 is 58.5. The standard InChI is InChI=1S/2C20H19N6O5S2.Co.Na/c1-22-30-31-32-16-9-12-19(27)18(13-16)24-26-20(14-5-3-2-4-6-14)25-23-15-7-10-17(11-8-15)33(21,28)29;1-22-33(28,29)17-11-12-19(27)18(13-17)24-26-20(14-5-3-2-4-6-14)25-23-15-7-9-16(10-8-15)32-31-30-21;;/h2-13,22H,1H3,(H3-,21,23,24,25,26,27,28,29);2-13,22H,21H2,1H3,(H-,23,24,25,26,27);;/q2*-1;;+1. The van der Waals surface area contributed by atoms with Crippen LogP contribution in [0.3, 0.4) is 0 Å². The summed E-state index contributed by atoms with van der Waals surface area (Å²) in [6.07, 6.45) is 0. The average Bonchev–Trinajstić information content (AvgIpc) is 3.33. The number of hydrogen-bond acceptors (Lipinski definition) is 18. The minimum atomic E-state index is -3.80. The van der Waals surface area contributed by atoms with Gasteiger partial charge in [0.1, 0.15) is 22.9 Å². The van der Waals surface area contributed by atoms with E-state index in [0.29, 0.717) is 27.4 Å². The number of primary sulfonamides is 1. The molecule has 1 radical (unpaired) electrons. The maximum atomic E-state index is 12.0. The minimum absolute atomic E-state index is 0. The summed E-state index contributed by atoms with van der Waals surface area (Å²) in [4.78, 5) is 9.87. The van der Waals surface area contributed by atoms with Gasteiger partial charge in [-0.1, -0.05) is 84.9 Å². The van der Waals surface area contributed by atoms with Gasteiger partial charge in [-0.2, -0.15) is 11.4 Å². The Bertz CT molecular complexity index is 2880. The van der Waals surface area contributed by atoms with Gasteiger partial charge in [0.15, 0.2) is 11.7 Å². The van der Waals surface area contributed by atoms with Gasteiger partial charge in [0.25, 0.3) is 0 Å². The molecule has 0 aromatic heterocycles. The molecule has 0 saturated heterocycles. The molecule has 0 atom stereocenters. The summed E-state index contributed by atoms with van der Waals surface area (Å²) >= 11 is 1.84. The summed E-state index contributed by atoms with van der Waals surface area (Å²) in [6, 6.07) is 38.6. The molecular formula is C40H38CoN12NaO10S4-. The second kappa shape index (κ2) is 29.0.